The number of ether oxygens (including phenoxy) is 1. The number of nitrogens with one attached hydrogen (secondary N) is 1. The molecule has 0 radical (unpaired) electrons. The summed E-state index contributed by atoms with van der Waals surface area (Å²) in [6, 6.07) is 14.9. The SMILES string of the molecule is CCOC(=O)C1=C(CN2CCCN(C(=O)c3ccc(C)cc3)CC2)N(C)C(=O)NC1c1ccc(C(C)(C)C)cc1. The molecular weight excluding hydrogens is 504 g/mol. The number of carbonyl (C=O) groups is 3. The smallest absolute Gasteiger partial charge is 0.338 e. The normalized spacial score (nSPS) is 18.9. The highest BCUT2D eigenvalue weighted by Gasteiger charge is 2.37. The highest BCUT2D eigenvalue weighted by molar-refractivity contribution is 5.95. The van der Waals surface area contributed by atoms with E-state index < -0.39 is 12.0 Å². The molecule has 214 valence electrons. The predicted octanol–water partition coefficient (Wildman–Crippen LogP) is 4.65. The summed E-state index contributed by atoms with van der Waals surface area (Å²) < 4.78 is 5.50. The lowest BCUT2D eigenvalue weighted by Crippen LogP contribution is -2.49. The van der Waals surface area contributed by atoms with Gasteiger partial charge in [-0.3, -0.25) is 14.6 Å². The van der Waals surface area contributed by atoms with Crippen molar-refractivity contribution in [2.45, 2.75) is 52.5 Å². The Hall–Kier alpha value is -3.65. The largest absolute Gasteiger partial charge is 0.463 e. The van der Waals surface area contributed by atoms with Crippen molar-refractivity contribution in [2.24, 2.45) is 0 Å². The quantitative estimate of drug-likeness (QED) is 0.534. The molecule has 40 heavy (non-hydrogen) atoms. The number of likely N-dealkylation sites (N-methyl/N-ethyl adjacent to an activating group) is 1. The van der Waals surface area contributed by atoms with E-state index in [1.54, 1.807) is 14.0 Å². The van der Waals surface area contributed by atoms with Crippen molar-refractivity contribution in [3.05, 3.63) is 82.1 Å². The number of rotatable bonds is 6. The van der Waals surface area contributed by atoms with E-state index in [1.807, 2.05) is 48.2 Å². The van der Waals surface area contributed by atoms with E-state index in [0.717, 1.165) is 24.1 Å². The average Bonchev–Trinajstić information content (AvgIpc) is 3.16. The highest BCUT2D eigenvalue weighted by Crippen LogP contribution is 2.33. The molecular formula is C32H42N4O4. The van der Waals surface area contributed by atoms with Gasteiger partial charge in [0.25, 0.3) is 5.91 Å². The average molecular weight is 547 g/mol. The minimum Gasteiger partial charge on any atom is -0.463 e. The van der Waals surface area contributed by atoms with Gasteiger partial charge in [-0.25, -0.2) is 9.59 Å². The maximum Gasteiger partial charge on any atom is 0.338 e. The maximum atomic E-state index is 13.4. The summed E-state index contributed by atoms with van der Waals surface area (Å²) in [7, 11) is 1.69. The molecule has 0 aromatic heterocycles. The van der Waals surface area contributed by atoms with E-state index in [9.17, 15) is 14.4 Å². The zero-order chi connectivity index (χ0) is 29.0. The second-order valence-corrected chi connectivity index (χ2v) is 11.7. The van der Waals surface area contributed by atoms with Crippen molar-refractivity contribution < 1.29 is 19.1 Å². The first kappa shape index (κ1) is 29.3. The summed E-state index contributed by atoms with van der Waals surface area (Å²) in [5.41, 5.74) is 4.88. The van der Waals surface area contributed by atoms with E-state index in [-0.39, 0.29) is 24.0 Å². The Labute approximate surface area is 238 Å². The number of hydrogen-bond acceptors (Lipinski definition) is 5. The van der Waals surface area contributed by atoms with Gasteiger partial charge in [0, 0.05) is 51.0 Å². The van der Waals surface area contributed by atoms with Crippen LogP contribution in [0.1, 0.15) is 67.2 Å². The Kier molecular flexibility index (Phi) is 8.98. The van der Waals surface area contributed by atoms with Gasteiger partial charge in [0.15, 0.2) is 0 Å². The van der Waals surface area contributed by atoms with E-state index in [1.165, 1.54) is 10.5 Å². The number of carbonyl (C=O) groups excluding carboxylic acids is 3. The molecule has 2 aliphatic rings. The summed E-state index contributed by atoms with van der Waals surface area (Å²) in [6.45, 7) is 13.5. The maximum absolute atomic E-state index is 13.4. The Balaban J connectivity index is 1.60. The molecule has 8 nitrogen and oxygen atoms in total. The first-order valence-electron chi connectivity index (χ1n) is 14.1. The number of hydrogen-bond donors (Lipinski definition) is 1. The van der Waals surface area contributed by atoms with E-state index in [2.05, 4.69) is 43.1 Å². The second-order valence-electron chi connectivity index (χ2n) is 11.7. The third-order valence-electron chi connectivity index (χ3n) is 7.73. The standard InChI is InChI=1S/C32H42N4O4/c1-7-40-30(38)27-26(34(6)31(39)33-28(27)23-13-15-25(16-14-23)32(3,4)5)21-35-17-8-18-36(20-19-35)29(37)24-11-9-22(2)10-12-24/h9-16,28H,7-8,17-21H2,1-6H3,(H,33,39). The van der Waals surface area contributed by atoms with Crippen LogP contribution in [-0.4, -0.2) is 79.0 Å². The first-order chi connectivity index (χ1) is 19.0. The van der Waals surface area contributed by atoms with Gasteiger partial charge in [0.05, 0.1) is 18.2 Å². The summed E-state index contributed by atoms with van der Waals surface area (Å²) in [6.07, 6.45) is 0.799. The van der Waals surface area contributed by atoms with Gasteiger partial charge in [-0.1, -0.05) is 62.7 Å². The van der Waals surface area contributed by atoms with Gasteiger partial charge >= 0.3 is 12.0 Å². The topological polar surface area (TPSA) is 82.2 Å². The van der Waals surface area contributed by atoms with E-state index in [4.69, 9.17) is 4.74 Å². The summed E-state index contributed by atoms with van der Waals surface area (Å²) in [5, 5.41) is 3.01. The molecule has 2 heterocycles. The molecule has 0 bridgehead atoms. The van der Waals surface area contributed by atoms with Crippen LogP contribution < -0.4 is 5.32 Å². The van der Waals surface area contributed by atoms with Gasteiger partial charge in [-0.15, -0.1) is 0 Å². The Bertz CT molecular complexity index is 1260. The van der Waals surface area contributed by atoms with Crippen LogP contribution in [-0.2, 0) is 14.9 Å². The predicted molar refractivity (Wildman–Crippen MR) is 156 cm³/mol. The molecule has 2 aromatic carbocycles. The Morgan fingerprint density at radius 2 is 1.65 bits per heavy atom. The van der Waals surface area contributed by atoms with E-state index >= 15 is 0 Å². The van der Waals surface area contributed by atoms with Gasteiger partial charge in [0.2, 0.25) is 0 Å². The zero-order valence-corrected chi connectivity index (χ0v) is 24.6. The third kappa shape index (κ3) is 6.55. The zero-order valence-electron chi connectivity index (χ0n) is 24.6. The van der Waals surface area contributed by atoms with Crippen molar-refractivity contribution in [2.75, 3.05) is 46.4 Å². The fraction of sp³-hybridized carbons (Fsp3) is 0.469. The van der Waals surface area contributed by atoms with Gasteiger partial charge < -0.3 is 15.0 Å². The van der Waals surface area contributed by atoms with Gasteiger partial charge in [-0.2, -0.15) is 0 Å². The van der Waals surface area contributed by atoms with Crippen molar-refractivity contribution in [3.8, 4) is 0 Å². The van der Waals surface area contributed by atoms with Crippen LogP contribution in [0.2, 0.25) is 0 Å². The second kappa shape index (κ2) is 12.3. The highest BCUT2D eigenvalue weighted by atomic mass is 16.5. The van der Waals surface area contributed by atoms with Crippen LogP contribution in [0.25, 0.3) is 0 Å². The Morgan fingerprint density at radius 1 is 0.975 bits per heavy atom. The monoisotopic (exact) mass is 546 g/mol. The minimum absolute atomic E-state index is 0.0129. The molecule has 2 aromatic rings. The summed E-state index contributed by atoms with van der Waals surface area (Å²) >= 11 is 0. The molecule has 2 aliphatic heterocycles. The molecule has 0 saturated carbocycles. The molecule has 1 N–H and O–H groups in total. The summed E-state index contributed by atoms with van der Waals surface area (Å²) in [4.78, 5) is 45.3. The van der Waals surface area contributed by atoms with Crippen LogP contribution in [0.5, 0.6) is 0 Å². The van der Waals surface area contributed by atoms with Gasteiger partial charge in [-0.05, 0) is 48.9 Å². The molecule has 0 aliphatic carbocycles. The number of benzene rings is 2. The van der Waals surface area contributed by atoms with Crippen molar-refractivity contribution in [1.29, 1.82) is 0 Å². The molecule has 1 unspecified atom stereocenters. The van der Waals surface area contributed by atoms with Crippen molar-refractivity contribution in [1.82, 2.24) is 20.0 Å². The van der Waals surface area contributed by atoms with E-state index in [0.29, 0.717) is 43.0 Å². The number of aryl methyl sites for hydroxylation is 1. The van der Waals surface area contributed by atoms with Crippen LogP contribution in [0.4, 0.5) is 4.79 Å². The fourth-order valence-electron chi connectivity index (χ4n) is 5.25. The minimum atomic E-state index is -0.613. The Morgan fingerprint density at radius 3 is 2.27 bits per heavy atom. The fourth-order valence-corrected chi connectivity index (χ4v) is 5.25. The third-order valence-corrected chi connectivity index (χ3v) is 7.73. The van der Waals surface area contributed by atoms with Crippen molar-refractivity contribution in [3.63, 3.8) is 0 Å². The molecule has 3 amide bonds. The van der Waals surface area contributed by atoms with Crippen LogP contribution in [0.15, 0.2) is 59.8 Å². The number of urea groups is 1. The molecule has 8 heteroatoms. The molecule has 4 rings (SSSR count). The molecule has 1 atom stereocenters. The molecule has 1 saturated heterocycles. The number of amides is 3. The molecule has 1 fully saturated rings. The molecule has 0 spiro atoms. The lowest BCUT2D eigenvalue weighted by molar-refractivity contribution is -0.139. The number of nitrogens with zero attached hydrogens (tertiary/aromatic N) is 3. The first-order valence-corrected chi connectivity index (χ1v) is 14.1. The van der Waals surface area contributed by atoms with Crippen LogP contribution in [0.3, 0.4) is 0 Å². The van der Waals surface area contributed by atoms with Gasteiger partial charge in [0.1, 0.15) is 0 Å². The summed E-state index contributed by atoms with van der Waals surface area (Å²) in [5.74, 6) is -0.401. The van der Waals surface area contributed by atoms with Crippen molar-refractivity contribution >= 4 is 17.9 Å². The lowest BCUT2D eigenvalue weighted by atomic mass is 9.85. The number of esters is 1. The van der Waals surface area contributed by atoms with Crippen LogP contribution in [0, 0.1) is 6.92 Å². The lowest BCUT2D eigenvalue weighted by Gasteiger charge is -2.36. The van der Waals surface area contributed by atoms with Crippen LogP contribution >= 0.6 is 0 Å².